The first-order valence-electron chi connectivity index (χ1n) is 6.80. The molecule has 0 bridgehead atoms. The van der Waals surface area contributed by atoms with Gasteiger partial charge in [0.1, 0.15) is 5.75 Å². The zero-order valence-electron chi connectivity index (χ0n) is 12.8. The Morgan fingerprint density at radius 1 is 1.12 bits per heavy atom. The fraction of sp³-hybridized carbons (Fsp3) is 0.188. The lowest BCUT2D eigenvalue weighted by Crippen LogP contribution is -2.22. The molecule has 2 aromatic carbocycles. The summed E-state index contributed by atoms with van der Waals surface area (Å²) in [5.74, 6) is 0.296. The molecule has 2 aromatic rings. The highest BCUT2D eigenvalue weighted by atomic mass is 35.5. The molecule has 2 amide bonds. The fourth-order valence-corrected chi connectivity index (χ4v) is 2.20. The molecule has 2 rings (SSSR count). The van der Waals surface area contributed by atoms with Gasteiger partial charge in [-0.25, -0.2) is 4.79 Å². The number of halogens is 4. The lowest BCUT2D eigenvalue weighted by atomic mass is 10.1. The van der Waals surface area contributed by atoms with Gasteiger partial charge in [0, 0.05) is 11.1 Å². The van der Waals surface area contributed by atoms with Gasteiger partial charge in [0.2, 0.25) is 0 Å². The van der Waals surface area contributed by atoms with E-state index >= 15 is 0 Å². The van der Waals surface area contributed by atoms with Crippen molar-refractivity contribution in [1.29, 1.82) is 0 Å². The van der Waals surface area contributed by atoms with E-state index in [1.165, 1.54) is 31.4 Å². The lowest BCUT2D eigenvalue weighted by molar-refractivity contribution is -0.136. The molecule has 8 heteroatoms. The van der Waals surface area contributed by atoms with Crippen molar-refractivity contribution in [3.05, 3.63) is 52.5 Å². The van der Waals surface area contributed by atoms with Crippen molar-refractivity contribution in [1.82, 2.24) is 0 Å². The maximum Gasteiger partial charge on any atom is 0.418 e. The molecule has 0 aliphatic carbocycles. The summed E-state index contributed by atoms with van der Waals surface area (Å²) in [6, 6.07) is 6.96. The monoisotopic (exact) mass is 358 g/mol. The Hall–Kier alpha value is -2.41. The van der Waals surface area contributed by atoms with Crippen LogP contribution in [0.5, 0.6) is 5.75 Å². The van der Waals surface area contributed by atoms with E-state index in [4.69, 9.17) is 16.3 Å². The van der Waals surface area contributed by atoms with Gasteiger partial charge >= 0.3 is 12.2 Å². The second kappa shape index (κ2) is 7.00. The average Bonchev–Trinajstić information content (AvgIpc) is 2.50. The van der Waals surface area contributed by atoms with E-state index < -0.39 is 17.8 Å². The van der Waals surface area contributed by atoms with E-state index in [1.54, 1.807) is 13.0 Å². The second-order valence-electron chi connectivity index (χ2n) is 4.92. The standard InChI is InChI=1S/C16H14ClF3N2O2/c1-9-7-13(14(24-2)8-11(9)17)22-15(23)21-12-6-4-3-5-10(12)16(18,19)20/h3-8H,1-2H3,(H2,21,22,23). The maximum atomic E-state index is 12.9. The third-order valence-corrected chi connectivity index (χ3v) is 3.62. The summed E-state index contributed by atoms with van der Waals surface area (Å²) >= 11 is 5.97. The van der Waals surface area contributed by atoms with E-state index in [0.717, 1.165) is 6.07 Å². The average molecular weight is 359 g/mol. The Morgan fingerprint density at radius 2 is 1.75 bits per heavy atom. The quantitative estimate of drug-likeness (QED) is 0.780. The predicted molar refractivity (Wildman–Crippen MR) is 86.8 cm³/mol. The number of nitrogens with one attached hydrogen (secondary N) is 2. The topological polar surface area (TPSA) is 50.4 Å². The fourth-order valence-electron chi connectivity index (χ4n) is 2.05. The molecule has 0 heterocycles. The van der Waals surface area contributed by atoms with E-state index in [9.17, 15) is 18.0 Å². The van der Waals surface area contributed by atoms with E-state index in [0.29, 0.717) is 22.0 Å². The van der Waals surface area contributed by atoms with E-state index in [1.807, 2.05) is 0 Å². The molecule has 0 fully saturated rings. The lowest BCUT2D eigenvalue weighted by Gasteiger charge is -2.15. The Bertz CT molecular complexity index is 763. The summed E-state index contributed by atoms with van der Waals surface area (Å²) in [4.78, 5) is 12.0. The Labute approximate surface area is 141 Å². The minimum atomic E-state index is -4.57. The van der Waals surface area contributed by atoms with Gasteiger partial charge in [-0.1, -0.05) is 23.7 Å². The summed E-state index contributed by atoms with van der Waals surface area (Å²) in [5, 5.41) is 5.09. The molecule has 0 radical (unpaired) electrons. The molecule has 0 aliphatic heterocycles. The minimum absolute atomic E-state index is 0.293. The number of aryl methyl sites for hydroxylation is 1. The van der Waals surface area contributed by atoms with Crippen LogP contribution in [0.2, 0.25) is 5.02 Å². The number of ether oxygens (including phenoxy) is 1. The minimum Gasteiger partial charge on any atom is -0.495 e. The van der Waals surface area contributed by atoms with Crippen LogP contribution in [-0.4, -0.2) is 13.1 Å². The predicted octanol–water partition coefficient (Wildman–Crippen LogP) is 5.32. The van der Waals surface area contributed by atoms with Crippen LogP contribution in [0.25, 0.3) is 0 Å². The first-order chi connectivity index (χ1) is 11.2. The van der Waals surface area contributed by atoms with E-state index in [2.05, 4.69) is 10.6 Å². The number of amides is 2. The largest absolute Gasteiger partial charge is 0.495 e. The third-order valence-electron chi connectivity index (χ3n) is 3.21. The van der Waals surface area contributed by atoms with Crippen molar-refractivity contribution in [3.8, 4) is 5.75 Å². The number of urea groups is 1. The summed E-state index contributed by atoms with van der Waals surface area (Å²) < 4.78 is 43.9. The number of hydrogen-bond donors (Lipinski definition) is 2. The first kappa shape index (κ1) is 17.9. The van der Waals surface area contributed by atoms with Crippen LogP contribution in [0.3, 0.4) is 0 Å². The summed E-state index contributed by atoms with van der Waals surface area (Å²) in [7, 11) is 1.39. The highest BCUT2D eigenvalue weighted by Gasteiger charge is 2.33. The van der Waals surface area contributed by atoms with Crippen molar-refractivity contribution in [2.45, 2.75) is 13.1 Å². The van der Waals surface area contributed by atoms with Crippen molar-refractivity contribution in [2.75, 3.05) is 17.7 Å². The van der Waals surface area contributed by atoms with Gasteiger partial charge in [0.25, 0.3) is 0 Å². The Kier molecular flexibility index (Phi) is 5.23. The molecular weight excluding hydrogens is 345 g/mol. The molecule has 2 N–H and O–H groups in total. The summed E-state index contributed by atoms with van der Waals surface area (Å²) in [6.45, 7) is 1.73. The van der Waals surface area contributed by atoms with E-state index in [-0.39, 0.29) is 5.69 Å². The summed E-state index contributed by atoms with van der Waals surface area (Å²) in [6.07, 6.45) is -4.57. The van der Waals surface area contributed by atoms with Crippen molar-refractivity contribution in [3.63, 3.8) is 0 Å². The molecule has 0 unspecified atom stereocenters. The number of rotatable bonds is 3. The Balaban J connectivity index is 2.23. The molecule has 0 saturated heterocycles. The number of methoxy groups -OCH3 is 1. The van der Waals surface area contributed by atoms with Crippen LogP contribution in [0, 0.1) is 6.92 Å². The number of carbonyl (C=O) groups excluding carboxylic acids is 1. The van der Waals surface area contributed by atoms with Crippen LogP contribution < -0.4 is 15.4 Å². The van der Waals surface area contributed by atoms with Gasteiger partial charge in [-0.15, -0.1) is 0 Å². The van der Waals surface area contributed by atoms with Crippen LogP contribution in [0.4, 0.5) is 29.3 Å². The normalized spacial score (nSPS) is 11.1. The van der Waals surface area contributed by atoms with Crippen molar-refractivity contribution >= 4 is 29.0 Å². The highest BCUT2D eigenvalue weighted by molar-refractivity contribution is 6.31. The molecule has 0 spiro atoms. The maximum absolute atomic E-state index is 12.9. The van der Waals surface area contributed by atoms with Gasteiger partial charge in [-0.3, -0.25) is 0 Å². The molecule has 24 heavy (non-hydrogen) atoms. The smallest absolute Gasteiger partial charge is 0.418 e. The number of anilines is 2. The molecule has 0 aliphatic rings. The zero-order chi connectivity index (χ0) is 17.9. The van der Waals surface area contributed by atoms with Gasteiger partial charge < -0.3 is 15.4 Å². The molecule has 0 saturated carbocycles. The molecule has 4 nitrogen and oxygen atoms in total. The van der Waals surface area contributed by atoms with Gasteiger partial charge in [0.15, 0.2) is 0 Å². The van der Waals surface area contributed by atoms with Crippen LogP contribution in [-0.2, 0) is 6.18 Å². The number of para-hydroxylation sites is 1. The van der Waals surface area contributed by atoms with Crippen LogP contribution in [0.15, 0.2) is 36.4 Å². The van der Waals surface area contributed by atoms with Crippen LogP contribution >= 0.6 is 11.6 Å². The van der Waals surface area contributed by atoms with Crippen molar-refractivity contribution in [2.24, 2.45) is 0 Å². The molecule has 0 aromatic heterocycles. The van der Waals surface area contributed by atoms with Gasteiger partial charge in [-0.05, 0) is 30.7 Å². The SMILES string of the molecule is COc1cc(Cl)c(C)cc1NC(=O)Nc1ccccc1C(F)(F)F. The van der Waals surface area contributed by atoms with Gasteiger partial charge in [0.05, 0.1) is 24.0 Å². The third kappa shape index (κ3) is 4.11. The molecular formula is C16H14ClF3N2O2. The van der Waals surface area contributed by atoms with Crippen molar-refractivity contribution < 1.29 is 22.7 Å². The molecule has 0 atom stereocenters. The highest BCUT2D eigenvalue weighted by Crippen LogP contribution is 2.35. The number of carbonyl (C=O) groups is 1. The van der Waals surface area contributed by atoms with Crippen LogP contribution in [0.1, 0.15) is 11.1 Å². The number of hydrogen-bond acceptors (Lipinski definition) is 2. The summed E-state index contributed by atoms with van der Waals surface area (Å²) in [5.41, 5.74) is -0.295. The number of alkyl halides is 3. The Morgan fingerprint density at radius 3 is 2.38 bits per heavy atom. The first-order valence-corrected chi connectivity index (χ1v) is 7.18. The second-order valence-corrected chi connectivity index (χ2v) is 5.33. The molecule has 128 valence electrons. The zero-order valence-corrected chi connectivity index (χ0v) is 13.5. The van der Waals surface area contributed by atoms with Gasteiger partial charge in [-0.2, -0.15) is 13.2 Å². The number of benzene rings is 2.